The van der Waals surface area contributed by atoms with Gasteiger partial charge in [-0.25, -0.2) is 4.98 Å². The minimum Gasteiger partial charge on any atom is -0.493 e. The molecule has 31 heavy (non-hydrogen) atoms. The number of benzene rings is 1. The Balaban J connectivity index is 1.83. The van der Waals surface area contributed by atoms with Crippen LogP contribution in [-0.4, -0.2) is 36.3 Å². The molecule has 0 spiro atoms. The highest BCUT2D eigenvalue weighted by Crippen LogP contribution is 2.41. The molecule has 3 aromatic rings. The number of nitrogens with zero attached hydrogens (tertiary/aromatic N) is 3. The first-order valence-corrected chi connectivity index (χ1v) is 10.00. The summed E-state index contributed by atoms with van der Waals surface area (Å²) in [5.74, 6) is 2.06. The molecule has 0 saturated heterocycles. The Labute approximate surface area is 179 Å². The Hall–Kier alpha value is -3.80. The Morgan fingerprint density at radius 3 is 2.32 bits per heavy atom. The van der Waals surface area contributed by atoms with Crippen molar-refractivity contribution in [3.8, 4) is 23.3 Å². The highest BCUT2D eigenvalue weighted by atomic mass is 16.5. The van der Waals surface area contributed by atoms with Gasteiger partial charge in [0.05, 0.1) is 27.0 Å². The molecule has 9 heteroatoms. The van der Waals surface area contributed by atoms with Gasteiger partial charge in [0.2, 0.25) is 11.7 Å². The first kappa shape index (κ1) is 20.5. The fourth-order valence-corrected chi connectivity index (χ4v) is 4.04. The van der Waals surface area contributed by atoms with Crippen molar-refractivity contribution < 1.29 is 14.2 Å². The molecule has 160 valence electrons. The predicted octanol–water partition coefficient (Wildman–Crippen LogP) is 3.62. The third kappa shape index (κ3) is 3.84. The molecular formula is C22H23N5O4. The second-order valence-corrected chi connectivity index (χ2v) is 7.34. The molecule has 0 amide bonds. The lowest BCUT2D eigenvalue weighted by atomic mass is 10.00. The van der Waals surface area contributed by atoms with Gasteiger partial charge < -0.3 is 24.5 Å². The molecule has 2 heterocycles. The van der Waals surface area contributed by atoms with Crippen LogP contribution in [-0.2, 0) is 0 Å². The second-order valence-electron chi connectivity index (χ2n) is 7.34. The normalized spacial score (nSPS) is 13.7. The molecule has 1 aliphatic carbocycles. The summed E-state index contributed by atoms with van der Waals surface area (Å²) >= 11 is 0. The number of nitriles is 1. The number of H-pyrrole nitrogens is 1. The van der Waals surface area contributed by atoms with E-state index in [2.05, 4.69) is 15.3 Å². The van der Waals surface area contributed by atoms with Crippen LogP contribution in [0.4, 0.5) is 11.6 Å². The van der Waals surface area contributed by atoms with Crippen LogP contribution >= 0.6 is 0 Å². The van der Waals surface area contributed by atoms with E-state index in [0.717, 1.165) is 31.4 Å². The molecule has 2 N–H and O–H groups in total. The molecule has 1 fully saturated rings. The van der Waals surface area contributed by atoms with Gasteiger partial charge >= 0.3 is 0 Å². The van der Waals surface area contributed by atoms with Crippen LogP contribution < -0.4 is 25.1 Å². The number of aromatic nitrogens is 3. The van der Waals surface area contributed by atoms with Gasteiger partial charge in [0.1, 0.15) is 17.3 Å². The maximum atomic E-state index is 12.2. The van der Waals surface area contributed by atoms with Crippen molar-refractivity contribution in [2.45, 2.75) is 31.6 Å². The summed E-state index contributed by atoms with van der Waals surface area (Å²) in [4.78, 5) is 24.2. The summed E-state index contributed by atoms with van der Waals surface area (Å²) in [7, 11) is 4.63. The number of rotatable bonds is 6. The van der Waals surface area contributed by atoms with E-state index in [4.69, 9.17) is 19.2 Å². The third-order valence-corrected chi connectivity index (χ3v) is 5.52. The maximum absolute atomic E-state index is 12.2. The van der Waals surface area contributed by atoms with Crippen LogP contribution in [0, 0.1) is 11.3 Å². The zero-order valence-electron chi connectivity index (χ0n) is 17.6. The van der Waals surface area contributed by atoms with E-state index in [1.165, 1.54) is 0 Å². The largest absolute Gasteiger partial charge is 0.493 e. The molecule has 2 aromatic heterocycles. The van der Waals surface area contributed by atoms with Crippen molar-refractivity contribution in [2.75, 3.05) is 26.6 Å². The van der Waals surface area contributed by atoms with Crippen LogP contribution in [0.15, 0.2) is 23.0 Å². The number of fused-ring (bicyclic) bond motifs is 1. The van der Waals surface area contributed by atoms with Crippen LogP contribution in [0.25, 0.3) is 11.0 Å². The maximum Gasteiger partial charge on any atom is 0.267 e. The lowest BCUT2D eigenvalue weighted by Gasteiger charge is -2.16. The number of ether oxygens (including phenoxy) is 3. The molecule has 0 radical (unpaired) electrons. The van der Waals surface area contributed by atoms with Crippen molar-refractivity contribution in [2.24, 2.45) is 0 Å². The van der Waals surface area contributed by atoms with E-state index in [1.54, 1.807) is 39.5 Å². The summed E-state index contributed by atoms with van der Waals surface area (Å²) in [6.45, 7) is 0. The first-order chi connectivity index (χ1) is 15.1. The summed E-state index contributed by atoms with van der Waals surface area (Å²) in [5.41, 5.74) is 1.47. The average Bonchev–Trinajstić information content (AvgIpc) is 3.32. The summed E-state index contributed by atoms with van der Waals surface area (Å²) in [5, 5.41) is 13.2. The summed E-state index contributed by atoms with van der Waals surface area (Å²) < 4.78 is 16.2. The topological polar surface area (TPSA) is 122 Å². The molecule has 0 bridgehead atoms. The predicted molar refractivity (Wildman–Crippen MR) is 115 cm³/mol. The number of anilines is 2. The molecule has 9 nitrogen and oxygen atoms in total. The zero-order chi connectivity index (χ0) is 22.0. The number of hydrogen-bond donors (Lipinski definition) is 2. The molecule has 0 aliphatic heterocycles. The van der Waals surface area contributed by atoms with E-state index in [1.807, 2.05) is 6.07 Å². The minimum atomic E-state index is -0.468. The standard InChI is InChI=1S/C22H23N5O4/c1-29-16-9-14(10-17(30-2)19(16)31-3)24-22-25-18(12-6-4-5-7-12)15-8-13(11-23)21(28)26-20(15)27-22/h8-10,12H,4-7H2,1-3H3,(H2,24,25,26,27,28). The number of pyridine rings is 1. The SMILES string of the molecule is COc1cc(Nc2nc(C3CCCC3)c3cc(C#N)c(=O)[nH]c3n2)cc(OC)c1OC. The van der Waals surface area contributed by atoms with E-state index in [-0.39, 0.29) is 11.5 Å². The highest BCUT2D eigenvalue weighted by molar-refractivity contribution is 5.81. The highest BCUT2D eigenvalue weighted by Gasteiger charge is 2.23. The number of hydrogen-bond acceptors (Lipinski definition) is 8. The van der Waals surface area contributed by atoms with Gasteiger partial charge in [-0.15, -0.1) is 0 Å². The lowest BCUT2D eigenvalue weighted by Crippen LogP contribution is -2.13. The molecule has 4 rings (SSSR count). The van der Waals surface area contributed by atoms with Crippen molar-refractivity contribution >= 4 is 22.7 Å². The van der Waals surface area contributed by atoms with Crippen molar-refractivity contribution in [1.29, 1.82) is 5.26 Å². The zero-order valence-corrected chi connectivity index (χ0v) is 17.6. The summed E-state index contributed by atoms with van der Waals surface area (Å²) in [6.07, 6.45) is 4.27. The Morgan fingerprint density at radius 1 is 1.06 bits per heavy atom. The molecule has 1 saturated carbocycles. The molecule has 0 unspecified atom stereocenters. The lowest BCUT2D eigenvalue weighted by molar-refractivity contribution is 0.324. The smallest absolute Gasteiger partial charge is 0.267 e. The van der Waals surface area contributed by atoms with E-state index < -0.39 is 5.56 Å². The van der Waals surface area contributed by atoms with Crippen LogP contribution in [0.5, 0.6) is 17.2 Å². The second kappa shape index (κ2) is 8.52. The van der Waals surface area contributed by atoms with Crippen molar-refractivity contribution in [3.05, 3.63) is 39.8 Å². The number of aromatic amines is 1. The van der Waals surface area contributed by atoms with Crippen molar-refractivity contribution in [1.82, 2.24) is 15.0 Å². The van der Waals surface area contributed by atoms with E-state index in [9.17, 15) is 10.1 Å². The Bertz CT molecular complexity index is 1200. The molecule has 1 aromatic carbocycles. The quantitative estimate of drug-likeness (QED) is 0.619. The number of nitrogens with one attached hydrogen (secondary N) is 2. The molecular weight excluding hydrogens is 398 g/mol. The monoisotopic (exact) mass is 421 g/mol. The van der Waals surface area contributed by atoms with Gasteiger partial charge in [0, 0.05) is 29.1 Å². The van der Waals surface area contributed by atoms with Crippen LogP contribution in [0.1, 0.15) is 42.9 Å². The van der Waals surface area contributed by atoms with E-state index >= 15 is 0 Å². The fraction of sp³-hybridized carbons (Fsp3) is 0.364. The average molecular weight is 421 g/mol. The fourth-order valence-electron chi connectivity index (χ4n) is 4.04. The molecule has 0 atom stereocenters. The van der Waals surface area contributed by atoms with Gasteiger partial charge in [-0.05, 0) is 18.9 Å². The Kier molecular flexibility index (Phi) is 5.62. The van der Waals surface area contributed by atoms with Gasteiger partial charge in [0.25, 0.3) is 5.56 Å². The van der Waals surface area contributed by atoms with Crippen LogP contribution in [0.2, 0.25) is 0 Å². The Morgan fingerprint density at radius 2 is 1.74 bits per heavy atom. The summed E-state index contributed by atoms with van der Waals surface area (Å²) in [6, 6.07) is 7.04. The first-order valence-electron chi connectivity index (χ1n) is 10.00. The van der Waals surface area contributed by atoms with Crippen LogP contribution in [0.3, 0.4) is 0 Å². The van der Waals surface area contributed by atoms with E-state index in [0.29, 0.717) is 39.9 Å². The van der Waals surface area contributed by atoms with Gasteiger partial charge in [-0.3, -0.25) is 4.79 Å². The molecule has 1 aliphatic rings. The number of methoxy groups -OCH3 is 3. The van der Waals surface area contributed by atoms with Crippen molar-refractivity contribution in [3.63, 3.8) is 0 Å². The van der Waals surface area contributed by atoms with Gasteiger partial charge in [0.15, 0.2) is 11.5 Å². The third-order valence-electron chi connectivity index (χ3n) is 5.52. The van der Waals surface area contributed by atoms with Gasteiger partial charge in [-0.2, -0.15) is 10.2 Å². The van der Waals surface area contributed by atoms with Gasteiger partial charge in [-0.1, -0.05) is 12.8 Å². The minimum absolute atomic E-state index is 0.0562.